The zero-order valence-corrected chi connectivity index (χ0v) is 8.53. The predicted molar refractivity (Wildman–Crippen MR) is 50.7 cm³/mol. The van der Waals surface area contributed by atoms with Crippen LogP contribution in [0.5, 0.6) is 0 Å². The third kappa shape index (κ3) is 5.87. The second-order valence-electron chi connectivity index (χ2n) is 2.92. The maximum Gasteiger partial charge on any atom is 0.239 e. The highest BCUT2D eigenvalue weighted by Crippen LogP contribution is 1.84. The van der Waals surface area contributed by atoms with E-state index < -0.39 is 12.1 Å². The van der Waals surface area contributed by atoms with Crippen molar-refractivity contribution in [3.05, 3.63) is 0 Å². The lowest BCUT2D eigenvalue weighted by Gasteiger charge is -2.13. The fourth-order valence-electron chi connectivity index (χ4n) is 0.856. The van der Waals surface area contributed by atoms with Crippen molar-refractivity contribution in [2.75, 3.05) is 34.0 Å². The largest absolute Gasteiger partial charge is 0.389 e. The molecule has 0 saturated heterocycles. The van der Waals surface area contributed by atoms with Crippen molar-refractivity contribution < 1.29 is 19.4 Å². The molecule has 0 bridgehead atoms. The van der Waals surface area contributed by atoms with Crippen molar-refractivity contribution in [3.8, 4) is 0 Å². The summed E-state index contributed by atoms with van der Waals surface area (Å²) < 4.78 is 9.39. The SMILES string of the molecule is COCC(O)CNC(=O)C(N)COC. The van der Waals surface area contributed by atoms with Crippen molar-refractivity contribution in [2.24, 2.45) is 5.73 Å². The number of hydrogen-bond donors (Lipinski definition) is 3. The molecule has 0 rings (SSSR count). The van der Waals surface area contributed by atoms with Gasteiger partial charge in [0.05, 0.1) is 19.3 Å². The molecular weight excluding hydrogens is 188 g/mol. The molecule has 0 fully saturated rings. The predicted octanol–water partition coefficient (Wildman–Crippen LogP) is -1.92. The Morgan fingerprint density at radius 2 is 2.00 bits per heavy atom. The van der Waals surface area contributed by atoms with Crippen LogP contribution in [0.1, 0.15) is 0 Å². The standard InChI is InChI=1S/C8H18N2O4/c1-13-4-6(11)3-10-8(12)7(9)5-14-2/h6-7,11H,3-5,9H2,1-2H3,(H,10,12). The molecule has 0 aliphatic heterocycles. The minimum atomic E-state index is -0.710. The van der Waals surface area contributed by atoms with Gasteiger partial charge >= 0.3 is 0 Å². The molecule has 0 aliphatic rings. The number of methoxy groups -OCH3 is 2. The first-order valence-corrected chi connectivity index (χ1v) is 4.31. The van der Waals surface area contributed by atoms with E-state index in [-0.39, 0.29) is 25.7 Å². The van der Waals surface area contributed by atoms with E-state index in [9.17, 15) is 9.90 Å². The number of aliphatic hydroxyl groups is 1. The van der Waals surface area contributed by atoms with Crippen molar-refractivity contribution in [1.82, 2.24) is 5.32 Å². The zero-order valence-electron chi connectivity index (χ0n) is 8.53. The Kier molecular flexibility index (Phi) is 7.31. The van der Waals surface area contributed by atoms with Gasteiger partial charge in [-0.15, -0.1) is 0 Å². The average Bonchev–Trinajstić information content (AvgIpc) is 2.15. The molecule has 6 nitrogen and oxygen atoms in total. The number of carbonyl (C=O) groups excluding carboxylic acids is 1. The number of hydrogen-bond acceptors (Lipinski definition) is 5. The summed E-state index contributed by atoms with van der Waals surface area (Å²) in [4.78, 5) is 11.2. The van der Waals surface area contributed by atoms with Crippen LogP contribution in [0.15, 0.2) is 0 Å². The highest BCUT2D eigenvalue weighted by Gasteiger charge is 2.13. The molecule has 6 heteroatoms. The van der Waals surface area contributed by atoms with E-state index in [4.69, 9.17) is 10.5 Å². The van der Waals surface area contributed by atoms with E-state index in [1.54, 1.807) is 0 Å². The fourth-order valence-corrected chi connectivity index (χ4v) is 0.856. The number of amides is 1. The van der Waals surface area contributed by atoms with Crippen LogP contribution in [0.3, 0.4) is 0 Å². The summed E-state index contributed by atoms with van der Waals surface area (Å²) in [5.41, 5.74) is 5.44. The molecule has 2 unspecified atom stereocenters. The third-order valence-corrected chi connectivity index (χ3v) is 1.55. The second kappa shape index (κ2) is 7.69. The van der Waals surface area contributed by atoms with Crippen LogP contribution < -0.4 is 11.1 Å². The molecule has 0 aromatic carbocycles. The number of nitrogens with two attached hydrogens (primary N) is 1. The van der Waals surface area contributed by atoms with Gasteiger partial charge in [-0.1, -0.05) is 0 Å². The number of rotatable bonds is 7. The van der Waals surface area contributed by atoms with Gasteiger partial charge in [0.1, 0.15) is 6.04 Å². The van der Waals surface area contributed by atoms with Gasteiger partial charge < -0.3 is 25.6 Å². The van der Waals surface area contributed by atoms with E-state index in [1.807, 2.05) is 0 Å². The van der Waals surface area contributed by atoms with Crippen LogP contribution in [0.25, 0.3) is 0 Å². The van der Waals surface area contributed by atoms with Gasteiger partial charge in [0.25, 0.3) is 0 Å². The summed E-state index contributed by atoms with van der Waals surface area (Å²) in [5.74, 6) is -0.345. The Labute approximate surface area is 83.4 Å². The first kappa shape index (κ1) is 13.3. The molecule has 2 atom stereocenters. The minimum Gasteiger partial charge on any atom is -0.389 e. The highest BCUT2D eigenvalue weighted by atomic mass is 16.5. The monoisotopic (exact) mass is 206 g/mol. The van der Waals surface area contributed by atoms with Crippen LogP contribution in [-0.4, -0.2) is 57.1 Å². The van der Waals surface area contributed by atoms with Crippen molar-refractivity contribution in [3.63, 3.8) is 0 Å². The Balaban J connectivity index is 3.61. The molecule has 14 heavy (non-hydrogen) atoms. The molecule has 0 aliphatic carbocycles. The first-order valence-electron chi connectivity index (χ1n) is 4.31. The molecule has 0 aromatic heterocycles. The molecule has 0 aromatic rings. The van der Waals surface area contributed by atoms with Gasteiger partial charge in [0, 0.05) is 20.8 Å². The first-order chi connectivity index (χ1) is 6.61. The summed E-state index contributed by atoms with van der Waals surface area (Å²) >= 11 is 0. The van der Waals surface area contributed by atoms with Crippen LogP contribution in [-0.2, 0) is 14.3 Å². The average molecular weight is 206 g/mol. The van der Waals surface area contributed by atoms with Crippen molar-refractivity contribution >= 4 is 5.91 Å². The minimum absolute atomic E-state index is 0.129. The maximum absolute atomic E-state index is 11.2. The maximum atomic E-state index is 11.2. The summed E-state index contributed by atoms with van der Waals surface area (Å²) in [5, 5.41) is 11.7. The summed E-state index contributed by atoms with van der Waals surface area (Å²) in [6, 6.07) is -0.699. The van der Waals surface area contributed by atoms with E-state index in [0.29, 0.717) is 0 Å². The van der Waals surface area contributed by atoms with Gasteiger partial charge in [0.15, 0.2) is 0 Å². The lowest BCUT2D eigenvalue weighted by Crippen LogP contribution is -2.46. The molecule has 1 amide bonds. The van der Waals surface area contributed by atoms with Crippen molar-refractivity contribution in [1.29, 1.82) is 0 Å². The van der Waals surface area contributed by atoms with Gasteiger partial charge in [-0.3, -0.25) is 4.79 Å². The van der Waals surface area contributed by atoms with Gasteiger partial charge in [-0.05, 0) is 0 Å². The Bertz CT molecular complexity index is 165. The molecule has 0 spiro atoms. The van der Waals surface area contributed by atoms with Gasteiger partial charge in [-0.2, -0.15) is 0 Å². The number of nitrogens with one attached hydrogen (secondary N) is 1. The van der Waals surface area contributed by atoms with Crippen LogP contribution in [0, 0.1) is 0 Å². The van der Waals surface area contributed by atoms with Gasteiger partial charge in [-0.25, -0.2) is 0 Å². The molecule has 4 N–H and O–H groups in total. The van der Waals surface area contributed by atoms with Gasteiger partial charge in [0.2, 0.25) is 5.91 Å². The fraction of sp³-hybridized carbons (Fsp3) is 0.875. The Morgan fingerprint density at radius 3 is 2.50 bits per heavy atom. The Hall–Kier alpha value is -0.690. The van der Waals surface area contributed by atoms with Crippen LogP contribution >= 0.6 is 0 Å². The molecule has 84 valence electrons. The Morgan fingerprint density at radius 1 is 1.43 bits per heavy atom. The van der Waals surface area contributed by atoms with E-state index >= 15 is 0 Å². The quantitative estimate of drug-likeness (QED) is 0.451. The topological polar surface area (TPSA) is 93.8 Å². The molecular formula is C8H18N2O4. The van der Waals surface area contributed by atoms with E-state index in [1.165, 1.54) is 14.2 Å². The summed E-state index contributed by atoms with van der Waals surface area (Å²) in [6.45, 7) is 0.468. The number of carbonyl (C=O) groups is 1. The molecule has 0 radical (unpaired) electrons. The zero-order chi connectivity index (χ0) is 11.0. The van der Waals surface area contributed by atoms with Crippen LogP contribution in [0.2, 0.25) is 0 Å². The molecule has 0 heterocycles. The summed E-state index contributed by atoms with van der Waals surface area (Å²) in [6.07, 6.45) is -0.710. The smallest absolute Gasteiger partial charge is 0.239 e. The van der Waals surface area contributed by atoms with E-state index in [0.717, 1.165) is 0 Å². The number of aliphatic hydroxyl groups excluding tert-OH is 1. The van der Waals surface area contributed by atoms with Crippen LogP contribution in [0.4, 0.5) is 0 Å². The van der Waals surface area contributed by atoms with E-state index in [2.05, 4.69) is 10.1 Å². The lowest BCUT2D eigenvalue weighted by molar-refractivity contribution is -0.124. The second-order valence-corrected chi connectivity index (χ2v) is 2.92. The lowest BCUT2D eigenvalue weighted by atomic mass is 10.3. The number of ether oxygens (including phenoxy) is 2. The highest BCUT2D eigenvalue weighted by molar-refractivity contribution is 5.81. The summed E-state index contributed by atoms with van der Waals surface area (Å²) in [7, 11) is 2.94. The van der Waals surface area contributed by atoms with Crippen molar-refractivity contribution in [2.45, 2.75) is 12.1 Å². The molecule has 0 saturated carbocycles. The normalized spacial score (nSPS) is 14.9. The third-order valence-electron chi connectivity index (χ3n) is 1.55.